The lowest BCUT2D eigenvalue weighted by Gasteiger charge is -2.35. The molecule has 0 spiro atoms. The lowest BCUT2D eigenvalue weighted by Crippen LogP contribution is -2.50. The van der Waals surface area contributed by atoms with Crippen molar-refractivity contribution in [2.75, 3.05) is 46.8 Å². The second-order valence-electron chi connectivity index (χ2n) is 7.15. The summed E-state index contributed by atoms with van der Waals surface area (Å²) in [7, 11) is 3.92. The first-order chi connectivity index (χ1) is 12.5. The van der Waals surface area contributed by atoms with E-state index in [-0.39, 0.29) is 17.6 Å². The highest BCUT2D eigenvalue weighted by Gasteiger charge is 2.23. The van der Waals surface area contributed by atoms with Gasteiger partial charge in [-0.05, 0) is 51.1 Å². The summed E-state index contributed by atoms with van der Waals surface area (Å²) in [6.07, 6.45) is 3.68. The highest BCUT2D eigenvalue weighted by Crippen LogP contribution is 2.11. The molecule has 1 aliphatic rings. The Kier molecular flexibility index (Phi) is 8.04. The number of amides is 2. The first-order valence-electron chi connectivity index (χ1n) is 9.40. The number of rotatable bonds is 8. The van der Waals surface area contributed by atoms with E-state index in [4.69, 9.17) is 0 Å². The second kappa shape index (κ2) is 10.3. The second-order valence-corrected chi connectivity index (χ2v) is 7.15. The average molecular weight is 363 g/mol. The van der Waals surface area contributed by atoms with Gasteiger partial charge in [0.05, 0.1) is 0 Å². The van der Waals surface area contributed by atoms with E-state index in [0.29, 0.717) is 39.0 Å². The summed E-state index contributed by atoms with van der Waals surface area (Å²) in [5, 5.41) is 0. The van der Waals surface area contributed by atoms with Gasteiger partial charge in [0.1, 0.15) is 5.82 Å². The molecule has 1 aromatic carbocycles. The van der Waals surface area contributed by atoms with Gasteiger partial charge < -0.3 is 14.7 Å². The van der Waals surface area contributed by atoms with Gasteiger partial charge in [0.15, 0.2) is 0 Å². The van der Waals surface area contributed by atoms with Gasteiger partial charge in [-0.15, -0.1) is 0 Å². The summed E-state index contributed by atoms with van der Waals surface area (Å²) in [4.78, 5) is 30.2. The molecule has 0 unspecified atom stereocenters. The van der Waals surface area contributed by atoms with Crippen molar-refractivity contribution in [2.24, 2.45) is 0 Å². The number of hydrogen-bond acceptors (Lipinski definition) is 3. The van der Waals surface area contributed by atoms with E-state index in [1.807, 2.05) is 28.8 Å². The van der Waals surface area contributed by atoms with Crippen LogP contribution in [-0.2, 0) is 16.0 Å². The predicted octanol–water partition coefficient (Wildman–Crippen LogP) is 2.16. The van der Waals surface area contributed by atoms with Crippen LogP contribution in [0.1, 0.15) is 31.2 Å². The van der Waals surface area contributed by atoms with E-state index in [0.717, 1.165) is 31.4 Å². The van der Waals surface area contributed by atoms with Crippen LogP contribution < -0.4 is 0 Å². The van der Waals surface area contributed by atoms with Crippen LogP contribution in [-0.4, -0.2) is 73.3 Å². The molecule has 2 rings (SSSR count). The maximum absolute atomic E-state index is 12.9. The number of benzene rings is 1. The molecule has 0 bridgehead atoms. The third kappa shape index (κ3) is 6.75. The molecular formula is C20H30FN3O2. The molecule has 0 aliphatic carbocycles. The van der Waals surface area contributed by atoms with E-state index in [9.17, 15) is 14.0 Å². The molecule has 0 saturated carbocycles. The minimum Gasteiger partial charge on any atom is -0.339 e. The van der Waals surface area contributed by atoms with Crippen LogP contribution in [0.15, 0.2) is 24.3 Å². The van der Waals surface area contributed by atoms with Crippen molar-refractivity contribution in [3.8, 4) is 0 Å². The molecule has 1 heterocycles. The van der Waals surface area contributed by atoms with Crippen LogP contribution in [0.2, 0.25) is 0 Å². The smallest absolute Gasteiger partial charge is 0.223 e. The number of carbonyl (C=O) groups is 2. The number of unbranched alkanes of at least 4 members (excludes halogenated alkanes) is 1. The van der Waals surface area contributed by atoms with E-state index in [1.165, 1.54) is 12.1 Å². The highest BCUT2D eigenvalue weighted by molar-refractivity contribution is 5.78. The van der Waals surface area contributed by atoms with Crippen molar-refractivity contribution < 1.29 is 14.0 Å². The van der Waals surface area contributed by atoms with Crippen molar-refractivity contribution in [1.82, 2.24) is 14.7 Å². The van der Waals surface area contributed by atoms with Gasteiger partial charge in [-0.25, -0.2) is 4.39 Å². The normalized spacial score (nSPS) is 14.8. The standard InChI is InChI=1S/C20H30FN3O2/c1-22(2)12-11-20(26)24-15-13-23(14-16-24)19(25)6-4-3-5-17-7-9-18(21)10-8-17/h7-10H,3-6,11-16H2,1-2H3. The van der Waals surface area contributed by atoms with Crippen LogP contribution in [0, 0.1) is 5.82 Å². The molecule has 6 heteroatoms. The summed E-state index contributed by atoms with van der Waals surface area (Å²) >= 11 is 0. The fourth-order valence-electron chi connectivity index (χ4n) is 3.10. The molecule has 0 aromatic heterocycles. The topological polar surface area (TPSA) is 43.9 Å². The van der Waals surface area contributed by atoms with Gasteiger partial charge in [0.25, 0.3) is 0 Å². The van der Waals surface area contributed by atoms with Crippen LogP contribution in [0.3, 0.4) is 0 Å². The van der Waals surface area contributed by atoms with E-state index in [1.54, 1.807) is 12.1 Å². The molecule has 144 valence electrons. The van der Waals surface area contributed by atoms with Crippen LogP contribution >= 0.6 is 0 Å². The molecule has 0 atom stereocenters. The van der Waals surface area contributed by atoms with Crippen molar-refractivity contribution in [3.63, 3.8) is 0 Å². The Bertz CT molecular complexity index is 581. The third-order valence-electron chi connectivity index (χ3n) is 4.78. The summed E-state index contributed by atoms with van der Waals surface area (Å²) in [6.45, 7) is 3.28. The van der Waals surface area contributed by atoms with Crippen molar-refractivity contribution in [3.05, 3.63) is 35.6 Å². The number of hydrogen-bond donors (Lipinski definition) is 0. The fraction of sp³-hybridized carbons (Fsp3) is 0.600. The zero-order valence-electron chi connectivity index (χ0n) is 15.9. The Morgan fingerprint density at radius 3 is 2.00 bits per heavy atom. The summed E-state index contributed by atoms with van der Waals surface area (Å²) in [5.74, 6) is 0.123. The molecule has 0 radical (unpaired) electrons. The number of piperazine rings is 1. The first kappa shape index (κ1) is 20.4. The lowest BCUT2D eigenvalue weighted by molar-refractivity contribution is -0.139. The monoisotopic (exact) mass is 363 g/mol. The Morgan fingerprint density at radius 2 is 1.46 bits per heavy atom. The zero-order valence-corrected chi connectivity index (χ0v) is 15.9. The molecule has 1 aliphatic heterocycles. The Labute approximate surface area is 155 Å². The zero-order chi connectivity index (χ0) is 18.9. The van der Waals surface area contributed by atoms with E-state index >= 15 is 0 Å². The summed E-state index contributed by atoms with van der Waals surface area (Å²) < 4.78 is 12.9. The third-order valence-corrected chi connectivity index (χ3v) is 4.78. The molecular weight excluding hydrogens is 333 g/mol. The number of halogens is 1. The minimum absolute atomic E-state index is 0.171. The molecule has 1 fully saturated rings. The minimum atomic E-state index is -0.219. The van der Waals surface area contributed by atoms with Crippen molar-refractivity contribution in [1.29, 1.82) is 0 Å². The van der Waals surface area contributed by atoms with Gasteiger partial charge in [0.2, 0.25) is 11.8 Å². The SMILES string of the molecule is CN(C)CCC(=O)N1CCN(C(=O)CCCCc2ccc(F)cc2)CC1. The molecule has 26 heavy (non-hydrogen) atoms. The van der Waals surface area contributed by atoms with Gasteiger partial charge >= 0.3 is 0 Å². The van der Waals surface area contributed by atoms with E-state index in [2.05, 4.69) is 0 Å². The highest BCUT2D eigenvalue weighted by atomic mass is 19.1. The van der Waals surface area contributed by atoms with Crippen molar-refractivity contribution in [2.45, 2.75) is 32.1 Å². The molecule has 0 N–H and O–H groups in total. The molecule has 1 saturated heterocycles. The predicted molar refractivity (Wildman–Crippen MR) is 100 cm³/mol. The Hall–Kier alpha value is -1.95. The summed E-state index contributed by atoms with van der Waals surface area (Å²) in [5.41, 5.74) is 1.10. The number of nitrogens with zero attached hydrogens (tertiary/aromatic N) is 3. The van der Waals surface area contributed by atoms with Crippen LogP contribution in [0.4, 0.5) is 4.39 Å². The van der Waals surface area contributed by atoms with Crippen LogP contribution in [0.5, 0.6) is 0 Å². The largest absolute Gasteiger partial charge is 0.339 e. The lowest BCUT2D eigenvalue weighted by atomic mass is 10.1. The molecule has 2 amide bonds. The van der Waals surface area contributed by atoms with Gasteiger partial charge in [-0.2, -0.15) is 0 Å². The fourth-order valence-corrected chi connectivity index (χ4v) is 3.10. The first-order valence-corrected chi connectivity index (χ1v) is 9.40. The Balaban J connectivity index is 1.62. The number of aryl methyl sites for hydroxylation is 1. The van der Waals surface area contributed by atoms with Crippen LogP contribution in [0.25, 0.3) is 0 Å². The number of carbonyl (C=O) groups excluding carboxylic acids is 2. The average Bonchev–Trinajstić information content (AvgIpc) is 2.64. The Morgan fingerprint density at radius 1 is 0.923 bits per heavy atom. The molecule has 1 aromatic rings. The van der Waals surface area contributed by atoms with Gasteiger partial charge in [0, 0.05) is 45.6 Å². The van der Waals surface area contributed by atoms with E-state index < -0.39 is 0 Å². The quantitative estimate of drug-likeness (QED) is 0.665. The maximum Gasteiger partial charge on any atom is 0.223 e. The van der Waals surface area contributed by atoms with Crippen molar-refractivity contribution >= 4 is 11.8 Å². The van der Waals surface area contributed by atoms with Gasteiger partial charge in [-0.1, -0.05) is 12.1 Å². The molecule has 5 nitrogen and oxygen atoms in total. The van der Waals surface area contributed by atoms with Gasteiger partial charge in [-0.3, -0.25) is 9.59 Å². The maximum atomic E-state index is 12.9. The summed E-state index contributed by atoms with van der Waals surface area (Å²) in [6, 6.07) is 6.53.